The summed E-state index contributed by atoms with van der Waals surface area (Å²) in [6, 6.07) is 25.6. The van der Waals surface area contributed by atoms with E-state index in [2.05, 4.69) is 37.3 Å². The minimum Gasteiger partial charge on any atom is -0.368 e. The Balaban J connectivity index is 1.25. The molecule has 3 heterocycles. The van der Waals surface area contributed by atoms with E-state index in [9.17, 15) is 4.79 Å². The molecule has 0 aliphatic carbocycles. The van der Waals surface area contributed by atoms with Crippen LogP contribution in [0.2, 0.25) is 0 Å². The number of carbonyl (C=O) groups excluding carboxylic acids is 1. The quantitative estimate of drug-likeness (QED) is 0.504. The summed E-state index contributed by atoms with van der Waals surface area (Å²) in [5.41, 5.74) is 4.44. The predicted octanol–water partition coefficient (Wildman–Crippen LogP) is 4.24. The summed E-state index contributed by atoms with van der Waals surface area (Å²) in [4.78, 5) is 30.0. The number of nitrogens with zero attached hydrogens (tertiary/aromatic N) is 5. The molecule has 2 aromatic heterocycles. The zero-order valence-electron chi connectivity index (χ0n) is 18.1. The molecule has 0 radical (unpaired) electrons. The highest BCUT2D eigenvalue weighted by molar-refractivity contribution is 5.92. The van der Waals surface area contributed by atoms with Gasteiger partial charge in [0.2, 0.25) is 5.95 Å². The fourth-order valence-electron chi connectivity index (χ4n) is 3.92. The van der Waals surface area contributed by atoms with Crippen LogP contribution in [-0.2, 0) is 0 Å². The van der Waals surface area contributed by atoms with Crippen molar-refractivity contribution < 1.29 is 4.79 Å². The van der Waals surface area contributed by atoms with E-state index in [0.717, 1.165) is 35.7 Å². The van der Waals surface area contributed by atoms with Gasteiger partial charge in [0.15, 0.2) is 0 Å². The predicted molar refractivity (Wildman–Crippen MR) is 130 cm³/mol. The third-order valence-electron chi connectivity index (χ3n) is 5.64. The summed E-state index contributed by atoms with van der Waals surface area (Å²) in [6.07, 6.45) is 3.42. The van der Waals surface area contributed by atoms with Crippen LogP contribution >= 0.6 is 0 Å². The molecule has 33 heavy (non-hydrogen) atoms. The van der Waals surface area contributed by atoms with Gasteiger partial charge in [-0.3, -0.25) is 9.78 Å². The summed E-state index contributed by atoms with van der Waals surface area (Å²) >= 11 is 0. The molecular weight excluding hydrogens is 412 g/mol. The first-order valence-corrected chi connectivity index (χ1v) is 11.0. The van der Waals surface area contributed by atoms with Crippen molar-refractivity contribution in [1.29, 1.82) is 0 Å². The highest BCUT2D eigenvalue weighted by Crippen LogP contribution is 2.24. The Morgan fingerprint density at radius 3 is 2.39 bits per heavy atom. The maximum absolute atomic E-state index is 12.7. The third kappa shape index (κ3) is 4.82. The van der Waals surface area contributed by atoms with Gasteiger partial charge < -0.3 is 15.1 Å². The van der Waals surface area contributed by atoms with Gasteiger partial charge in [0.1, 0.15) is 5.69 Å². The van der Waals surface area contributed by atoms with Gasteiger partial charge in [-0.25, -0.2) is 9.97 Å². The Bertz CT molecular complexity index is 1220. The Hall–Kier alpha value is -4.26. The van der Waals surface area contributed by atoms with Crippen molar-refractivity contribution in [2.24, 2.45) is 0 Å². The average Bonchev–Trinajstić information content (AvgIpc) is 2.90. The molecule has 0 saturated carbocycles. The topological polar surface area (TPSA) is 74.2 Å². The lowest BCUT2D eigenvalue weighted by molar-refractivity contribution is 0.0741. The van der Waals surface area contributed by atoms with E-state index in [-0.39, 0.29) is 5.91 Å². The molecule has 1 aliphatic rings. The molecule has 0 atom stereocenters. The molecular formula is C26H24N6O. The minimum atomic E-state index is -0.0129. The maximum Gasteiger partial charge on any atom is 0.272 e. The molecule has 7 nitrogen and oxygen atoms in total. The highest BCUT2D eigenvalue weighted by Gasteiger charge is 2.23. The molecule has 1 saturated heterocycles. The molecule has 1 N–H and O–H groups in total. The van der Waals surface area contributed by atoms with E-state index in [1.54, 1.807) is 18.5 Å². The average molecular weight is 437 g/mol. The monoisotopic (exact) mass is 436 g/mol. The normalized spacial score (nSPS) is 13.6. The van der Waals surface area contributed by atoms with Gasteiger partial charge in [0, 0.05) is 55.5 Å². The van der Waals surface area contributed by atoms with Gasteiger partial charge in [0.25, 0.3) is 5.91 Å². The number of anilines is 3. The van der Waals surface area contributed by atoms with E-state index < -0.39 is 0 Å². The van der Waals surface area contributed by atoms with Crippen LogP contribution in [0, 0.1) is 0 Å². The molecule has 7 heteroatoms. The fraction of sp³-hybridized carbons (Fsp3) is 0.154. The van der Waals surface area contributed by atoms with E-state index >= 15 is 0 Å². The molecule has 0 bridgehead atoms. The Labute approximate surface area is 192 Å². The van der Waals surface area contributed by atoms with Crippen LogP contribution in [0.25, 0.3) is 11.3 Å². The lowest BCUT2D eigenvalue weighted by atomic mass is 10.1. The first-order chi connectivity index (χ1) is 16.3. The second kappa shape index (κ2) is 9.48. The number of aromatic nitrogens is 3. The van der Waals surface area contributed by atoms with Crippen molar-refractivity contribution >= 4 is 23.2 Å². The molecule has 4 aromatic rings. The first kappa shape index (κ1) is 20.6. The van der Waals surface area contributed by atoms with Crippen molar-refractivity contribution in [2.75, 3.05) is 36.4 Å². The molecule has 5 rings (SSSR count). The summed E-state index contributed by atoms with van der Waals surface area (Å²) in [5, 5.41) is 3.32. The van der Waals surface area contributed by atoms with Crippen molar-refractivity contribution in [1.82, 2.24) is 19.9 Å². The van der Waals surface area contributed by atoms with E-state index in [1.165, 1.54) is 0 Å². The molecule has 0 spiro atoms. The van der Waals surface area contributed by atoms with Crippen LogP contribution in [-0.4, -0.2) is 51.9 Å². The van der Waals surface area contributed by atoms with Crippen LogP contribution < -0.4 is 10.2 Å². The smallest absolute Gasteiger partial charge is 0.272 e. The third-order valence-corrected chi connectivity index (χ3v) is 5.64. The summed E-state index contributed by atoms with van der Waals surface area (Å²) in [6.45, 7) is 2.86. The van der Waals surface area contributed by atoms with Gasteiger partial charge in [-0.2, -0.15) is 0 Å². The fourth-order valence-corrected chi connectivity index (χ4v) is 3.92. The van der Waals surface area contributed by atoms with E-state index in [0.29, 0.717) is 24.7 Å². The van der Waals surface area contributed by atoms with Crippen LogP contribution in [0.4, 0.5) is 17.3 Å². The Morgan fingerprint density at radius 2 is 1.61 bits per heavy atom. The van der Waals surface area contributed by atoms with E-state index in [4.69, 9.17) is 0 Å². The number of carbonyl (C=O) groups is 1. The second-order valence-electron chi connectivity index (χ2n) is 7.80. The number of pyridine rings is 1. The lowest BCUT2D eigenvalue weighted by Gasteiger charge is -2.36. The Morgan fingerprint density at radius 1 is 0.788 bits per heavy atom. The van der Waals surface area contributed by atoms with Crippen molar-refractivity contribution in [2.45, 2.75) is 0 Å². The van der Waals surface area contributed by atoms with Gasteiger partial charge in [-0.05, 0) is 36.4 Å². The van der Waals surface area contributed by atoms with Gasteiger partial charge >= 0.3 is 0 Å². The lowest BCUT2D eigenvalue weighted by Crippen LogP contribution is -2.49. The standard InChI is InChI=1S/C26H24N6O/c33-25(24-11-4-5-13-27-24)32-17-15-31(16-18-32)22-10-6-9-21(19-22)29-26-28-14-12-23(30-26)20-7-2-1-3-8-20/h1-14,19H,15-18H2,(H,28,29,30). The summed E-state index contributed by atoms with van der Waals surface area (Å²) < 4.78 is 0. The van der Waals surface area contributed by atoms with Crippen LogP contribution in [0.5, 0.6) is 0 Å². The largest absolute Gasteiger partial charge is 0.368 e. The number of nitrogens with one attached hydrogen (secondary N) is 1. The first-order valence-electron chi connectivity index (χ1n) is 11.0. The molecule has 1 aliphatic heterocycles. The number of amides is 1. The minimum absolute atomic E-state index is 0.0129. The second-order valence-corrected chi connectivity index (χ2v) is 7.80. The van der Waals surface area contributed by atoms with Crippen molar-refractivity contribution in [3.05, 3.63) is 97.0 Å². The number of benzene rings is 2. The van der Waals surface area contributed by atoms with E-state index in [1.807, 2.05) is 65.6 Å². The SMILES string of the molecule is O=C(c1ccccn1)N1CCN(c2cccc(Nc3nccc(-c4ccccc4)n3)c2)CC1. The zero-order chi connectivity index (χ0) is 22.5. The maximum atomic E-state index is 12.7. The van der Waals surface area contributed by atoms with Crippen molar-refractivity contribution in [3.8, 4) is 11.3 Å². The number of rotatable bonds is 5. The number of piperazine rings is 1. The van der Waals surface area contributed by atoms with Gasteiger partial charge in [-0.1, -0.05) is 42.5 Å². The number of hydrogen-bond acceptors (Lipinski definition) is 6. The molecule has 2 aromatic carbocycles. The van der Waals surface area contributed by atoms with Crippen LogP contribution in [0.1, 0.15) is 10.5 Å². The Kier molecular flexibility index (Phi) is 5.93. The molecule has 1 amide bonds. The van der Waals surface area contributed by atoms with Gasteiger partial charge in [0.05, 0.1) is 5.69 Å². The zero-order valence-corrected chi connectivity index (χ0v) is 18.1. The number of hydrogen-bond donors (Lipinski definition) is 1. The molecule has 1 fully saturated rings. The molecule has 164 valence electrons. The van der Waals surface area contributed by atoms with Crippen LogP contribution in [0.3, 0.4) is 0 Å². The van der Waals surface area contributed by atoms with Crippen LogP contribution in [0.15, 0.2) is 91.3 Å². The molecule has 0 unspecified atom stereocenters. The van der Waals surface area contributed by atoms with Crippen molar-refractivity contribution in [3.63, 3.8) is 0 Å². The van der Waals surface area contributed by atoms with Gasteiger partial charge in [-0.15, -0.1) is 0 Å². The summed E-state index contributed by atoms with van der Waals surface area (Å²) in [5.74, 6) is 0.542. The summed E-state index contributed by atoms with van der Waals surface area (Å²) in [7, 11) is 0. The highest BCUT2D eigenvalue weighted by atomic mass is 16.2.